The van der Waals surface area contributed by atoms with E-state index in [-0.39, 0.29) is 23.5 Å². The molecule has 0 aliphatic rings. The average Bonchev–Trinajstić information content (AvgIpc) is 3.10. The molecular formula is C20H20N2O6. The lowest BCUT2D eigenvalue weighted by molar-refractivity contribution is -0.147. The first kappa shape index (κ1) is 19.4. The number of fused-ring (bicyclic) bond motifs is 1. The Morgan fingerprint density at radius 2 is 1.93 bits per heavy atom. The van der Waals surface area contributed by atoms with Gasteiger partial charge >= 0.3 is 11.9 Å². The van der Waals surface area contributed by atoms with Crippen LogP contribution in [-0.2, 0) is 16.0 Å². The summed E-state index contributed by atoms with van der Waals surface area (Å²) in [4.78, 5) is 26.4. The molecule has 0 saturated carbocycles. The van der Waals surface area contributed by atoms with Crippen molar-refractivity contribution in [2.75, 3.05) is 7.11 Å². The van der Waals surface area contributed by atoms with Crippen LogP contribution in [0.5, 0.6) is 11.5 Å². The van der Waals surface area contributed by atoms with E-state index in [0.29, 0.717) is 0 Å². The molecule has 1 aromatic heterocycles. The highest BCUT2D eigenvalue weighted by atomic mass is 16.6. The molecule has 5 N–H and O–H groups in total. The fourth-order valence-corrected chi connectivity index (χ4v) is 2.89. The number of aromatic nitrogens is 1. The number of methoxy groups -OCH3 is 1. The molecule has 0 fully saturated rings. The third-order valence-corrected chi connectivity index (χ3v) is 4.37. The highest BCUT2D eigenvalue weighted by molar-refractivity contribution is 5.85. The third-order valence-electron chi connectivity index (χ3n) is 4.37. The number of carbonyl (C=O) groups excluding carboxylic acids is 1. The summed E-state index contributed by atoms with van der Waals surface area (Å²) < 4.78 is 10.5. The lowest BCUT2D eigenvalue weighted by atomic mass is 10.1. The van der Waals surface area contributed by atoms with Gasteiger partial charge in [-0.25, -0.2) is 9.59 Å². The lowest BCUT2D eigenvalue weighted by Crippen LogP contribution is -2.36. The first-order valence-electron chi connectivity index (χ1n) is 8.51. The second kappa shape index (κ2) is 8.12. The Labute approximate surface area is 160 Å². The van der Waals surface area contributed by atoms with Crippen LogP contribution in [0.15, 0.2) is 48.7 Å². The zero-order valence-corrected chi connectivity index (χ0v) is 15.1. The minimum atomic E-state index is -1.71. The number of aliphatic carboxylic acids is 1. The zero-order chi connectivity index (χ0) is 20.3. The van der Waals surface area contributed by atoms with Crippen molar-refractivity contribution in [3.63, 3.8) is 0 Å². The molecule has 3 aromatic rings. The van der Waals surface area contributed by atoms with Crippen LogP contribution >= 0.6 is 0 Å². The second-order valence-electron chi connectivity index (χ2n) is 6.24. The monoisotopic (exact) mass is 384 g/mol. The Bertz CT molecular complexity index is 1010. The van der Waals surface area contributed by atoms with Crippen LogP contribution in [0.25, 0.3) is 10.9 Å². The first-order valence-corrected chi connectivity index (χ1v) is 8.51. The van der Waals surface area contributed by atoms with Gasteiger partial charge < -0.3 is 30.4 Å². The number of nitrogens with one attached hydrogen (secondary N) is 1. The molecule has 2 aromatic carbocycles. The van der Waals surface area contributed by atoms with Gasteiger partial charge in [0.25, 0.3) is 0 Å². The van der Waals surface area contributed by atoms with Crippen molar-refractivity contribution >= 4 is 22.8 Å². The number of ether oxygens (including phenoxy) is 2. The molecule has 8 heteroatoms. The molecule has 0 spiro atoms. The Morgan fingerprint density at radius 1 is 1.18 bits per heavy atom. The number of nitrogens with two attached hydrogens (primary N) is 1. The van der Waals surface area contributed by atoms with Gasteiger partial charge in [-0.3, -0.25) is 0 Å². The Balaban J connectivity index is 1.73. The van der Waals surface area contributed by atoms with Crippen molar-refractivity contribution in [1.82, 2.24) is 4.98 Å². The molecule has 0 aliphatic carbocycles. The van der Waals surface area contributed by atoms with E-state index in [1.807, 2.05) is 24.3 Å². The van der Waals surface area contributed by atoms with Gasteiger partial charge in [0.2, 0.25) is 0 Å². The minimum absolute atomic E-state index is 0.0863. The van der Waals surface area contributed by atoms with Gasteiger partial charge in [-0.15, -0.1) is 0 Å². The number of benzene rings is 2. The maximum absolute atomic E-state index is 12.4. The van der Waals surface area contributed by atoms with Gasteiger partial charge in [0.05, 0.1) is 7.11 Å². The van der Waals surface area contributed by atoms with Crippen LogP contribution in [0, 0.1) is 0 Å². The molecule has 146 valence electrons. The van der Waals surface area contributed by atoms with Crippen LogP contribution in [0.1, 0.15) is 17.2 Å². The SMILES string of the molecule is COc1cc([C@@H](O)C(=O)O)ccc1OC(=O)[C@@H](N)Cc1c[nH]c2ccccc12. The lowest BCUT2D eigenvalue weighted by Gasteiger charge is -2.15. The summed E-state index contributed by atoms with van der Waals surface area (Å²) in [6.07, 6.45) is 0.379. The summed E-state index contributed by atoms with van der Waals surface area (Å²) in [6.45, 7) is 0. The molecule has 0 aliphatic heterocycles. The van der Waals surface area contributed by atoms with Crippen molar-refractivity contribution in [1.29, 1.82) is 0 Å². The maximum Gasteiger partial charge on any atom is 0.337 e. The van der Waals surface area contributed by atoms with Crippen LogP contribution in [-0.4, -0.2) is 40.3 Å². The van der Waals surface area contributed by atoms with Gasteiger partial charge in [0.1, 0.15) is 6.04 Å². The number of H-pyrrole nitrogens is 1. The topological polar surface area (TPSA) is 135 Å². The molecule has 3 rings (SSSR count). The number of carbonyl (C=O) groups is 2. The molecule has 0 radical (unpaired) electrons. The van der Waals surface area contributed by atoms with Gasteiger partial charge in [0, 0.05) is 23.5 Å². The summed E-state index contributed by atoms with van der Waals surface area (Å²) in [5.74, 6) is -1.85. The minimum Gasteiger partial charge on any atom is -0.493 e. The highest BCUT2D eigenvalue weighted by Gasteiger charge is 2.22. The Morgan fingerprint density at radius 3 is 2.64 bits per heavy atom. The van der Waals surface area contributed by atoms with Gasteiger partial charge in [-0.05, 0) is 29.3 Å². The molecule has 2 atom stereocenters. The quantitative estimate of drug-likeness (QED) is 0.360. The molecular weight excluding hydrogens is 364 g/mol. The fourth-order valence-electron chi connectivity index (χ4n) is 2.89. The summed E-state index contributed by atoms with van der Waals surface area (Å²) in [5.41, 5.74) is 7.96. The summed E-state index contributed by atoms with van der Waals surface area (Å²) in [5, 5.41) is 19.5. The first-order chi connectivity index (χ1) is 13.4. The van der Waals surface area contributed by atoms with Gasteiger partial charge in [-0.1, -0.05) is 24.3 Å². The highest BCUT2D eigenvalue weighted by Crippen LogP contribution is 2.31. The number of rotatable bonds is 7. The van der Waals surface area contributed by atoms with E-state index in [4.69, 9.17) is 20.3 Å². The predicted octanol–water partition coefficient (Wildman–Crippen LogP) is 1.77. The Hall–Kier alpha value is -3.36. The van der Waals surface area contributed by atoms with E-state index in [9.17, 15) is 14.7 Å². The summed E-state index contributed by atoms with van der Waals surface area (Å²) in [7, 11) is 1.34. The smallest absolute Gasteiger partial charge is 0.337 e. The Kier molecular flexibility index (Phi) is 5.62. The van der Waals surface area contributed by atoms with Crippen molar-refractivity contribution < 1.29 is 29.3 Å². The van der Waals surface area contributed by atoms with Crippen LogP contribution in [0.3, 0.4) is 0 Å². The number of aromatic amines is 1. The van der Waals surface area contributed by atoms with E-state index in [1.54, 1.807) is 6.20 Å². The number of carboxylic acid groups (broad SMARTS) is 1. The largest absolute Gasteiger partial charge is 0.493 e. The molecule has 28 heavy (non-hydrogen) atoms. The van der Waals surface area contributed by atoms with E-state index < -0.39 is 24.1 Å². The number of carboxylic acids is 1. The van der Waals surface area contributed by atoms with Gasteiger partial charge in [0.15, 0.2) is 17.6 Å². The zero-order valence-electron chi connectivity index (χ0n) is 15.1. The molecule has 0 amide bonds. The standard InChI is InChI=1S/C20H20N2O6/c1-27-17-9-11(18(23)19(24)25)6-7-16(17)28-20(26)14(21)8-12-10-22-15-5-3-2-4-13(12)15/h2-7,9-10,14,18,22-23H,8,21H2,1H3,(H,24,25)/t14-,18+/m0/s1. The van der Waals surface area contributed by atoms with Crippen LogP contribution in [0.2, 0.25) is 0 Å². The number of hydrogen-bond donors (Lipinski definition) is 4. The number of aliphatic hydroxyl groups excluding tert-OH is 1. The predicted molar refractivity (Wildman–Crippen MR) is 101 cm³/mol. The van der Waals surface area contributed by atoms with Crippen molar-refractivity contribution in [2.24, 2.45) is 5.73 Å². The van der Waals surface area contributed by atoms with E-state index in [2.05, 4.69) is 4.98 Å². The van der Waals surface area contributed by atoms with Crippen LogP contribution < -0.4 is 15.2 Å². The number of para-hydroxylation sites is 1. The normalized spacial score (nSPS) is 13.1. The van der Waals surface area contributed by atoms with Crippen molar-refractivity contribution in [2.45, 2.75) is 18.6 Å². The molecule has 0 unspecified atom stereocenters. The maximum atomic E-state index is 12.4. The molecule has 0 bridgehead atoms. The summed E-state index contributed by atoms with van der Waals surface area (Å²) >= 11 is 0. The van der Waals surface area contributed by atoms with E-state index in [0.717, 1.165) is 16.5 Å². The molecule has 8 nitrogen and oxygen atoms in total. The number of hydrogen-bond acceptors (Lipinski definition) is 6. The van der Waals surface area contributed by atoms with Crippen molar-refractivity contribution in [3.8, 4) is 11.5 Å². The van der Waals surface area contributed by atoms with E-state index in [1.165, 1.54) is 25.3 Å². The van der Waals surface area contributed by atoms with Gasteiger partial charge in [-0.2, -0.15) is 0 Å². The fraction of sp³-hybridized carbons (Fsp3) is 0.200. The number of esters is 1. The molecule has 1 heterocycles. The van der Waals surface area contributed by atoms with Crippen LogP contribution in [0.4, 0.5) is 0 Å². The average molecular weight is 384 g/mol. The second-order valence-corrected chi connectivity index (χ2v) is 6.24. The third kappa shape index (κ3) is 3.98. The van der Waals surface area contributed by atoms with Crippen molar-refractivity contribution in [3.05, 3.63) is 59.8 Å². The summed E-state index contributed by atoms with van der Waals surface area (Å²) in [6, 6.07) is 10.8. The molecule has 0 saturated heterocycles. The van der Waals surface area contributed by atoms with E-state index >= 15 is 0 Å². The number of aliphatic hydroxyl groups is 1.